The minimum Gasteiger partial charge on any atom is -0.611 e. The van der Waals surface area contributed by atoms with Crippen molar-refractivity contribution in [1.29, 1.82) is 0 Å². The van der Waals surface area contributed by atoms with Gasteiger partial charge in [0, 0.05) is 28.4 Å². The number of hydrogen-bond acceptors (Lipinski definition) is 3. The highest BCUT2D eigenvalue weighted by molar-refractivity contribution is 7.91. The molecule has 0 amide bonds. The van der Waals surface area contributed by atoms with E-state index in [1.807, 2.05) is 78.4 Å². The summed E-state index contributed by atoms with van der Waals surface area (Å²) in [6, 6.07) is 23.9. The molecule has 1 unspecified atom stereocenters. The quantitative estimate of drug-likeness (QED) is 0.278. The number of rotatable bonds is 7. The Kier molecular flexibility index (Phi) is 7.16. The fraction of sp³-hybridized carbons (Fsp3) is 0.276. The number of aromatic nitrogens is 2. The molecule has 0 aliphatic rings. The average molecular weight is 507 g/mol. The van der Waals surface area contributed by atoms with Crippen LogP contribution < -0.4 is 0 Å². The zero-order valence-electron chi connectivity index (χ0n) is 20.7. The largest absolute Gasteiger partial charge is 0.611 e. The Labute approximate surface area is 215 Å². The van der Waals surface area contributed by atoms with Crippen LogP contribution in [0.5, 0.6) is 0 Å². The van der Waals surface area contributed by atoms with Crippen molar-refractivity contribution in [2.75, 3.05) is 5.75 Å². The van der Waals surface area contributed by atoms with E-state index in [0.717, 1.165) is 33.1 Å². The van der Waals surface area contributed by atoms with E-state index in [-0.39, 0.29) is 0 Å². The molecule has 0 bridgehead atoms. The maximum Gasteiger partial charge on any atom is 0.153 e. The van der Waals surface area contributed by atoms with Gasteiger partial charge in [0.2, 0.25) is 0 Å². The van der Waals surface area contributed by atoms with E-state index in [0.29, 0.717) is 16.5 Å². The third-order valence-electron chi connectivity index (χ3n) is 6.28. The minimum atomic E-state index is -1.09. The molecular weight excluding hydrogens is 476 g/mol. The zero-order chi connectivity index (χ0) is 25.4. The molecule has 1 heterocycles. The first-order valence-corrected chi connectivity index (χ1v) is 13.4. The number of aliphatic hydroxyl groups is 1. The Morgan fingerprint density at radius 2 is 1.63 bits per heavy atom. The van der Waals surface area contributed by atoms with Crippen LogP contribution in [-0.2, 0) is 22.2 Å². The SMILES string of the molecule is CC[S+]([O-])c1cccc(-c2ccc(-n3cc(C(C)(C)O)nc3C(C)(C)c3ccccc3Cl)cc2)c1. The summed E-state index contributed by atoms with van der Waals surface area (Å²) in [5.41, 5.74) is 2.94. The van der Waals surface area contributed by atoms with Crippen molar-refractivity contribution < 1.29 is 9.66 Å². The topological polar surface area (TPSA) is 61.1 Å². The van der Waals surface area contributed by atoms with Crippen molar-refractivity contribution in [3.63, 3.8) is 0 Å². The number of nitrogens with zero attached hydrogens (tertiary/aromatic N) is 2. The third-order valence-corrected chi connectivity index (χ3v) is 7.91. The van der Waals surface area contributed by atoms with Gasteiger partial charge >= 0.3 is 0 Å². The summed E-state index contributed by atoms with van der Waals surface area (Å²) in [4.78, 5) is 5.72. The molecule has 1 atom stereocenters. The lowest BCUT2D eigenvalue weighted by Gasteiger charge is -2.27. The molecule has 4 nitrogen and oxygen atoms in total. The molecule has 3 aromatic carbocycles. The Balaban J connectivity index is 1.79. The Hall–Kier alpha value is -2.57. The number of benzene rings is 3. The highest BCUT2D eigenvalue weighted by Gasteiger charge is 2.33. The molecule has 35 heavy (non-hydrogen) atoms. The van der Waals surface area contributed by atoms with Gasteiger partial charge in [-0.3, -0.25) is 0 Å². The fourth-order valence-corrected chi connectivity index (χ4v) is 5.39. The van der Waals surface area contributed by atoms with Crippen LogP contribution in [0.3, 0.4) is 0 Å². The van der Waals surface area contributed by atoms with Crippen LogP contribution in [0.2, 0.25) is 5.02 Å². The van der Waals surface area contributed by atoms with Crippen molar-refractivity contribution in [3.8, 4) is 16.8 Å². The summed E-state index contributed by atoms with van der Waals surface area (Å²) in [6.45, 7) is 9.58. The van der Waals surface area contributed by atoms with E-state index < -0.39 is 22.2 Å². The van der Waals surface area contributed by atoms with Gasteiger partial charge in [-0.05, 0) is 86.8 Å². The molecule has 1 N–H and O–H groups in total. The zero-order valence-corrected chi connectivity index (χ0v) is 22.3. The van der Waals surface area contributed by atoms with Crippen LogP contribution in [-0.4, -0.2) is 25.0 Å². The van der Waals surface area contributed by atoms with Gasteiger partial charge in [0.25, 0.3) is 0 Å². The summed E-state index contributed by atoms with van der Waals surface area (Å²) in [5.74, 6) is 1.38. The van der Waals surface area contributed by atoms with E-state index in [1.54, 1.807) is 13.8 Å². The van der Waals surface area contributed by atoms with Crippen molar-refractivity contribution in [1.82, 2.24) is 9.55 Å². The molecule has 0 fully saturated rings. The number of imidazole rings is 1. The highest BCUT2D eigenvalue weighted by Crippen LogP contribution is 2.38. The molecule has 4 rings (SSSR count). The second-order valence-corrected chi connectivity index (χ2v) is 11.8. The molecule has 1 aromatic heterocycles. The number of halogens is 1. The van der Waals surface area contributed by atoms with Gasteiger partial charge in [0.1, 0.15) is 17.2 Å². The van der Waals surface area contributed by atoms with Crippen molar-refractivity contribution in [2.45, 2.75) is 50.5 Å². The molecule has 0 saturated heterocycles. The molecule has 0 spiro atoms. The minimum absolute atomic E-state index is 0.515. The standard InChI is InChI=1S/C29H31ClN2O2S/c1-6-35(34)23-11-9-10-21(18-23)20-14-16-22(17-15-20)32-19-26(29(4,5)33)31-27(32)28(2,3)24-12-7-8-13-25(24)30/h7-19,33H,6H2,1-5H3. The molecule has 0 radical (unpaired) electrons. The second-order valence-electron chi connectivity index (χ2n) is 9.69. The van der Waals surface area contributed by atoms with Crippen molar-refractivity contribution in [3.05, 3.63) is 101 Å². The van der Waals surface area contributed by atoms with Gasteiger partial charge in [0.05, 0.1) is 5.69 Å². The Morgan fingerprint density at radius 3 is 2.26 bits per heavy atom. The molecule has 0 aliphatic heterocycles. The first-order chi connectivity index (χ1) is 16.5. The predicted molar refractivity (Wildman–Crippen MR) is 145 cm³/mol. The predicted octanol–water partition coefficient (Wildman–Crippen LogP) is 6.87. The van der Waals surface area contributed by atoms with Crippen LogP contribution in [0.4, 0.5) is 0 Å². The van der Waals surface area contributed by atoms with Gasteiger partial charge < -0.3 is 14.2 Å². The Bertz CT molecular complexity index is 1320. The maximum atomic E-state index is 12.3. The van der Waals surface area contributed by atoms with E-state index in [9.17, 15) is 9.66 Å². The average Bonchev–Trinajstić information content (AvgIpc) is 3.31. The number of hydrogen-bond donors (Lipinski definition) is 1. The monoisotopic (exact) mass is 506 g/mol. The second kappa shape index (κ2) is 9.82. The summed E-state index contributed by atoms with van der Waals surface area (Å²) in [7, 11) is 0. The summed E-state index contributed by atoms with van der Waals surface area (Å²) < 4.78 is 14.3. The molecule has 4 aromatic rings. The molecule has 182 valence electrons. The molecule has 0 aliphatic carbocycles. The van der Waals surface area contributed by atoms with Crippen LogP contribution in [0.15, 0.2) is 83.9 Å². The van der Waals surface area contributed by atoms with Crippen molar-refractivity contribution >= 4 is 22.8 Å². The highest BCUT2D eigenvalue weighted by atomic mass is 35.5. The van der Waals surface area contributed by atoms with E-state index in [4.69, 9.17) is 16.6 Å². The van der Waals surface area contributed by atoms with Gasteiger partial charge in [-0.15, -0.1) is 0 Å². The summed E-state index contributed by atoms with van der Waals surface area (Å²) in [6.07, 6.45) is 1.90. The lowest BCUT2D eigenvalue weighted by Crippen LogP contribution is -2.25. The fourth-order valence-electron chi connectivity index (χ4n) is 4.20. The first kappa shape index (κ1) is 25.5. The molecule has 6 heteroatoms. The van der Waals surface area contributed by atoms with Crippen LogP contribution >= 0.6 is 11.6 Å². The van der Waals surface area contributed by atoms with Crippen LogP contribution in [0.1, 0.15) is 51.7 Å². The van der Waals surface area contributed by atoms with E-state index in [2.05, 4.69) is 26.0 Å². The lowest BCUT2D eigenvalue weighted by atomic mass is 9.83. The first-order valence-electron chi connectivity index (χ1n) is 11.7. The summed E-state index contributed by atoms with van der Waals surface area (Å²) >= 11 is 5.59. The van der Waals surface area contributed by atoms with Gasteiger partial charge in [-0.2, -0.15) is 0 Å². The Morgan fingerprint density at radius 1 is 0.943 bits per heavy atom. The van der Waals surface area contributed by atoms with Gasteiger partial charge in [-0.25, -0.2) is 4.98 Å². The normalized spacial score (nSPS) is 13.1. The van der Waals surface area contributed by atoms with Gasteiger partial charge in [-0.1, -0.05) is 54.1 Å². The van der Waals surface area contributed by atoms with E-state index in [1.165, 1.54) is 0 Å². The third kappa shape index (κ3) is 5.19. The lowest BCUT2D eigenvalue weighted by molar-refractivity contribution is 0.0741. The van der Waals surface area contributed by atoms with Gasteiger partial charge in [0.15, 0.2) is 4.90 Å². The summed E-state index contributed by atoms with van der Waals surface area (Å²) in [5, 5.41) is 11.4. The van der Waals surface area contributed by atoms with Crippen LogP contribution in [0, 0.1) is 0 Å². The molecular formula is C29H31ClN2O2S. The maximum absolute atomic E-state index is 12.3. The van der Waals surface area contributed by atoms with Crippen molar-refractivity contribution in [2.24, 2.45) is 0 Å². The smallest absolute Gasteiger partial charge is 0.153 e. The molecule has 0 saturated carbocycles. The van der Waals surface area contributed by atoms with E-state index >= 15 is 0 Å². The van der Waals surface area contributed by atoms with Crippen LogP contribution in [0.25, 0.3) is 16.8 Å².